The van der Waals surface area contributed by atoms with Gasteiger partial charge in [-0.1, -0.05) is 12.8 Å². The van der Waals surface area contributed by atoms with Crippen molar-refractivity contribution in [3.63, 3.8) is 0 Å². The molecule has 0 saturated heterocycles. The van der Waals surface area contributed by atoms with Crippen LogP contribution in [0.5, 0.6) is 0 Å². The molecule has 78 valence electrons. The van der Waals surface area contributed by atoms with Gasteiger partial charge in [-0.25, -0.2) is 17.7 Å². The topological polar surface area (TPSA) is 106 Å². The Labute approximate surface area is 77.1 Å². The smallest absolute Gasteiger partial charge is 0.135 e. The van der Waals surface area contributed by atoms with Crippen LogP contribution in [0.25, 0.3) is 0 Å². The Bertz CT molecular complexity index is 133. The van der Waals surface area contributed by atoms with Gasteiger partial charge in [0, 0.05) is 0 Å². The summed E-state index contributed by atoms with van der Waals surface area (Å²) >= 11 is 0. The fraction of sp³-hybridized carbons (Fsp3) is 1.00. The molecule has 6 nitrogen and oxygen atoms in total. The zero-order valence-electron chi connectivity index (χ0n) is 7.52. The normalized spacial score (nSPS) is 35.8. The largest absolute Gasteiger partial charge is 0.298 e. The molecular weight excluding hydrogens is 174 g/mol. The lowest BCUT2D eigenvalue weighted by atomic mass is 10.1. The second-order valence-electron chi connectivity index (χ2n) is 3.23. The molecule has 1 aliphatic carbocycles. The number of hydrogen-bond donors (Lipinski definition) is 3. The highest BCUT2D eigenvalue weighted by Crippen LogP contribution is 2.23. The first-order valence-electron chi connectivity index (χ1n) is 4.40. The number of rotatable bonds is 3. The summed E-state index contributed by atoms with van der Waals surface area (Å²) in [4.78, 5) is 14.3. The van der Waals surface area contributed by atoms with Crippen molar-refractivity contribution in [2.45, 2.75) is 44.0 Å². The van der Waals surface area contributed by atoms with Crippen LogP contribution in [0.15, 0.2) is 0 Å². The van der Waals surface area contributed by atoms with Crippen molar-refractivity contribution in [3.8, 4) is 0 Å². The summed E-state index contributed by atoms with van der Waals surface area (Å²) < 4.78 is 0. The average molecular weight is 191 g/mol. The second-order valence-corrected chi connectivity index (χ2v) is 3.23. The second kappa shape index (κ2) is 5.48. The molecule has 0 heterocycles. The van der Waals surface area contributed by atoms with Gasteiger partial charge in [0.25, 0.3) is 0 Å². The van der Waals surface area contributed by atoms with Crippen LogP contribution in [0.2, 0.25) is 0 Å². The molecule has 0 aromatic heterocycles. The van der Waals surface area contributed by atoms with E-state index in [1.165, 1.54) is 0 Å². The first-order valence-corrected chi connectivity index (χ1v) is 4.40. The molecule has 13 heavy (non-hydrogen) atoms. The minimum Gasteiger partial charge on any atom is -0.298 e. The van der Waals surface area contributed by atoms with Crippen molar-refractivity contribution in [1.29, 1.82) is 0 Å². The van der Waals surface area contributed by atoms with Crippen molar-refractivity contribution < 1.29 is 14.5 Å². The summed E-state index contributed by atoms with van der Waals surface area (Å²) in [6.45, 7) is 0. The molecule has 0 aromatic carbocycles. The van der Waals surface area contributed by atoms with Crippen LogP contribution in [0.4, 0.5) is 0 Å². The van der Waals surface area contributed by atoms with Gasteiger partial charge in [0.2, 0.25) is 0 Å². The summed E-state index contributed by atoms with van der Waals surface area (Å²) in [5.74, 6) is 15.4. The third kappa shape index (κ3) is 2.60. The average Bonchev–Trinajstić information content (AvgIpc) is 2.37. The Hall–Kier alpha value is -0.240. The van der Waals surface area contributed by atoms with Crippen molar-refractivity contribution in [1.82, 2.24) is 0 Å². The van der Waals surface area contributed by atoms with Crippen LogP contribution in [0.1, 0.15) is 25.7 Å². The quantitative estimate of drug-likeness (QED) is 0.404. The number of hydrogen-bond acceptors (Lipinski definition) is 6. The molecule has 1 saturated carbocycles. The minimum atomic E-state index is -0.377. The van der Waals surface area contributed by atoms with E-state index >= 15 is 0 Å². The third-order valence-electron chi connectivity index (χ3n) is 2.47. The van der Waals surface area contributed by atoms with E-state index in [1.807, 2.05) is 0 Å². The van der Waals surface area contributed by atoms with E-state index in [0.29, 0.717) is 0 Å². The summed E-state index contributed by atoms with van der Waals surface area (Å²) in [6, 6.07) is 0. The first-order chi connectivity index (χ1) is 6.33. The summed E-state index contributed by atoms with van der Waals surface area (Å²) in [5.41, 5.74) is 0. The highest BCUT2D eigenvalue weighted by Gasteiger charge is 2.33. The predicted molar refractivity (Wildman–Crippen MR) is 45.6 cm³/mol. The van der Waals surface area contributed by atoms with Crippen LogP contribution in [-0.4, -0.2) is 18.3 Å². The van der Waals surface area contributed by atoms with Crippen molar-refractivity contribution in [2.24, 2.45) is 17.7 Å². The van der Waals surface area contributed by atoms with Gasteiger partial charge in [0.15, 0.2) is 0 Å². The third-order valence-corrected chi connectivity index (χ3v) is 2.47. The van der Waals surface area contributed by atoms with Crippen LogP contribution in [-0.2, 0) is 14.5 Å². The Morgan fingerprint density at radius 2 is 1.23 bits per heavy atom. The molecule has 2 unspecified atom stereocenters. The Morgan fingerprint density at radius 3 is 1.54 bits per heavy atom. The van der Waals surface area contributed by atoms with Crippen molar-refractivity contribution >= 4 is 0 Å². The number of nitrogens with two attached hydrogens (primary N) is 3. The lowest BCUT2D eigenvalue weighted by Gasteiger charge is -2.26. The molecule has 1 fully saturated rings. The maximum atomic E-state index is 5.13. The highest BCUT2D eigenvalue weighted by molar-refractivity contribution is 4.81. The molecule has 0 aliphatic heterocycles. The van der Waals surface area contributed by atoms with E-state index in [9.17, 15) is 0 Å². The molecule has 0 radical (unpaired) electrons. The highest BCUT2D eigenvalue weighted by atomic mass is 16.7. The summed E-state index contributed by atoms with van der Waals surface area (Å²) in [7, 11) is 0. The Morgan fingerprint density at radius 1 is 0.769 bits per heavy atom. The molecule has 2 atom stereocenters. The van der Waals surface area contributed by atoms with Crippen molar-refractivity contribution in [2.75, 3.05) is 0 Å². The van der Waals surface area contributed by atoms with Crippen LogP contribution in [0.3, 0.4) is 0 Å². The first kappa shape index (κ1) is 10.8. The standard InChI is InChI=1S/C7H17N3O3/c8-11-5-3-1-2-4-6(12-9)7(5)13-10/h5-7H,1-4,8-10H2. The predicted octanol–water partition coefficient (Wildman–Crippen LogP) is -0.663. The molecule has 6 N–H and O–H groups in total. The fourth-order valence-corrected chi connectivity index (χ4v) is 1.73. The van der Waals surface area contributed by atoms with Gasteiger partial charge in [0.1, 0.15) is 18.3 Å². The van der Waals surface area contributed by atoms with E-state index in [2.05, 4.69) is 0 Å². The van der Waals surface area contributed by atoms with Gasteiger partial charge in [-0.05, 0) is 12.8 Å². The van der Waals surface area contributed by atoms with Gasteiger partial charge in [-0.15, -0.1) is 0 Å². The van der Waals surface area contributed by atoms with Gasteiger partial charge in [-0.3, -0.25) is 14.5 Å². The molecular formula is C7H17N3O3. The zero-order valence-corrected chi connectivity index (χ0v) is 7.52. The lowest BCUT2D eigenvalue weighted by Crippen LogP contribution is -2.45. The van der Waals surface area contributed by atoms with Crippen LogP contribution < -0.4 is 17.7 Å². The molecule has 6 heteroatoms. The van der Waals surface area contributed by atoms with Gasteiger partial charge in [0.05, 0.1) is 0 Å². The Kier molecular flexibility index (Phi) is 4.57. The van der Waals surface area contributed by atoms with E-state index in [1.54, 1.807) is 0 Å². The van der Waals surface area contributed by atoms with E-state index in [-0.39, 0.29) is 18.3 Å². The monoisotopic (exact) mass is 191 g/mol. The summed E-state index contributed by atoms with van der Waals surface area (Å²) in [5, 5.41) is 0. The maximum absolute atomic E-state index is 5.13. The van der Waals surface area contributed by atoms with Gasteiger partial charge in [-0.2, -0.15) is 0 Å². The fourth-order valence-electron chi connectivity index (χ4n) is 1.73. The summed E-state index contributed by atoms with van der Waals surface area (Å²) in [6.07, 6.45) is 2.82. The van der Waals surface area contributed by atoms with Crippen molar-refractivity contribution in [3.05, 3.63) is 0 Å². The SMILES string of the molecule is NOC1CCCCC(ON)C1ON. The van der Waals surface area contributed by atoms with E-state index in [0.717, 1.165) is 25.7 Å². The lowest BCUT2D eigenvalue weighted by molar-refractivity contribution is -0.141. The molecule has 0 amide bonds. The maximum Gasteiger partial charge on any atom is 0.135 e. The zero-order chi connectivity index (χ0) is 9.68. The molecule has 0 bridgehead atoms. The molecule has 0 spiro atoms. The van der Waals surface area contributed by atoms with Crippen LogP contribution in [0, 0.1) is 0 Å². The van der Waals surface area contributed by atoms with Gasteiger partial charge >= 0.3 is 0 Å². The Balaban J connectivity index is 2.61. The molecule has 1 rings (SSSR count). The van der Waals surface area contributed by atoms with E-state index < -0.39 is 0 Å². The molecule has 1 aliphatic rings. The van der Waals surface area contributed by atoms with Crippen LogP contribution >= 0.6 is 0 Å². The van der Waals surface area contributed by atoms with Gasteiger partial charge < -0.3 is 0 Å². The minimum absolute atomic E-state index is 0.235. The molecule has 0 aromatic rings. The van der Waals surface area contributed by atoms with E-state index in [4.69, 9.17) is 32.2 Å².